The summed E-state index contributed by atoms with van der Waals surface area (Å²) in [6.45, 7) is 3.95. The third-order valence-electron chi connectivity index (χ3n) is 3.55. The van der Waals surface area contributed by atoms with Crippen LogP contribution >= 0.6 is 34.3 Å². The zero-order chi connectivity index (χ0) is 16.8. The molecular weight excluding hydrogens is 370 g/mol. The van der Waals surface area contributed by atoms with Gasteiger partial charge in [0.15, 0.2) is 0 Å². The first-order valence-electron chi connectivity index (χ1n) is 6.79. The molecule has 0 radical (unpaired) electrons. The number of rotatable bonds is 2. The molecule has 2 heterocycles. The molecule has 0 fully saturated rings. The van der Waals surface area contributed by atoms with E-state index in [1.54, 1.807) is 35.6 Å². The maximum absolute atomic E-state index is 12.8. The van der Waals surface area contributed by atoms with Crippen LogP contribution in [0.25, 0.3) is 9.40 Å². The van der Waals surface area contributed by atoms with Crippen molar-refractivity contribution >= 4 is 59.3 Å². The minimum Gasteiger partial charge on any atom is -0.265 e. The summed E-state index contributed by atoms with van der Waals surface area (Å²) in [5.74, 6) is -0.419. The second kappa shape index (κ2) is 6.02. The van der Waals surface area contributed by atoms with E-state index in [0.717, 1.165) is 20.5 Å². The van der Waals surface area contributed by atoms with Crippen LogP contribution in [0.2, 0.25) is 5.02 Å². The third-order valence-corrected chi connectivity index (χ3v) is 7.97. The number of thiophene rings is 2. The molecule has 120 valence electrons. The number of carbonyl (C=O) groups excluding carboxylic acids is 1. The summed E-state index contributed by atoms with van der Waals surface area (Å²) in [7, 11) is -2.79. The molecule has 3 rings (SSSR count). The molecule has 0 aliphatic rings. The molecular formula is C16H14ClNO2S3. The standard InChI is InChI=1S/C16H14ClNO2S3/c1-9-8-21-16-13(9)10(2)14(22-16)15(19)18-23(3,20)12-6-4-11(17)5-7-12/h4-8H,1-3H3/t23-/m0/s1. The monoisotopic (exact) mass is 383 g/mol. The summed E-state index contributed by atoms with van der Waals surface area (Å²) in [6.07, 6.45) is 1.48. The first kappa shape index (κ1) is 16.6. The summed E-state index contributed by atoms with van der Waals surface area (Å²) < 4.78 is 17.9. The van der Waals surface area contributed by atoms with Gasteiger partial charge in [0.1, 0.15) is 0 Å². The number of hydrogen-bond donors (Lipinski definition) is 0. The van der Waals surface area contributed by atoms with Crippen LogP contribution in [0.1, 0.15) is 20.8 Å². The average Bonchev–Trinajstić information content (AvgIpc) is 3.00. The van der Waals surface area contributed by atoms with E-state index in [4.69, 9.17) is 11.6 Å². The first-order chi connectivity index (χ1) is 10.8. The highest BCUT2D eigenvalue weighted by Crippen LogP contribution is 2.38. The Bertz CT molecular complexity index is 1020. The van der Waals surface area contributed by atoms with Crippen LogP contribution in [-0.2, 0) is 9.73 Å². The van der Waals surface area contributed by atoms with Crippen LogP contribution in [0.5, 0.6) is 0 Å². The van der Waals surface area contributed by atoms with Crippen molar-refractivity contribution in [2.45, 2.75) is 18.7 Å². The van der Waals surface area contributed by atoms with E-state index in [1.165, 1.54) is 17.6 Å². The van der Waals surface area contributed by atoms with Gasteiger partial charge in [0, 0.05) is 21.6 Å². The van der Waals surface area contributed by atoms with Crippen molar-refractivity contribution in [1.82, 2.24) is 0 Å². The topological polar surface area (TPSA) is 46.5 Å². The van der Waals surface area contributed by atoms with Crippen molar-refractivity contribution < 1.29 is 9.00 Å². The van der Waals surface area contributed by atoms with Gasteiger partial charge in [-0.25, -0.2) is 4.21 Å². The fourth-order valence-electron chi connectivity index (χ4n) is 2.37. The second-order valence-corrected chi connectivity index (χ2v) is 10.1. The zero-order valence-corrected chi connectivity index (χ0v) is 16.0. The van der Waals surface area contributed by atoms with Gasteiger partial charge in [-0.05, 0) is 54.6 Å². The van der Waals surface area contributed by atoms with Crippen LogP contribution in [0, 0.1) is 13.8 Å². The molecule has 3 aromatic rings. The lowest BCUT2D eigenvalue weighted by atomic mass is 10.1. The molecule has 1 atom stereocenters. The molecule has 0 aliphatic carbocycles. The van der Waals surface area contributed by atoms with E-state index in [0.29, 0.717) is 14.8 Å². The number of nitrogens with zero attached hydrogens (tertiary/aromatic N) is 1. The highest BCUT2D eigenvalue weighted by molar-refractivity contribution is 7.93. The molecule has 2 aromatic heterocycles. The molecule has 1 amide bonds. The van der Waals surface area contributed by atoms with Crippen LogP contribution in [0.3, 0.4) is 0 Å². The van der Waals surface area contributed by atoms with Crippen LogP contribution in [0.4, 0.5) is 0 Å². The molecule has 23 heavy (non-hydrogen) atoms. The lowest BCUT2D eigenvalue weighted by Gasteiger charge is -2.04. The Morgan fingerprint density at radius 3 is 2.48 bits per heavy atom. The number of halogens is 1. The van der Waals surface area contributed by atoms with Gasteiger partial charge in [0.2, 0.25) is 0 Å². The van der Waals surface area contributed by atoms with Gasteiger partial charge in [-0.1, -0.05) is 11.6 Å². The van der Waals surface area contributed by atoms with E-state index < -0.39 is 15.6 Å². The summed E-state index contributed by atoms with van der Waals surface area (Å²) in [4.78, 5) is 13.6. The second-order valence-electron chi connectivity index (χ2n) is 5.29. The minimum absolute atomic E-state index is 0.419. The van der Waals surface area contributed by atoms with E-state index in [1.807, 2.05) is 13.8 Å². The van der Waals surface area contributed by atoms with Crippen molar-refractivity contribution in [3.8, 4) is 0 Å². The predicted octanol–water partition coefficient (Wildman–Crippen LogP) is 5.53. The van der Waals surface area contributed by atoms with Gasteiger partial charge in [-0.15, -0.1) is 22.7 Å². The number of carbonyl (C=O) groups is 1. The summed E-state index contributed by atoms with van der Waals surface area (Å²) in [5, 5.41) is 3.75. The van der Waals surface area contributed by atoms with Gasteiger partial charge >= 0.3 is 0 Å². The Hall–Kier alpha value is -1.21. The summed E-state index contributed by atoms with van der Waals surface area (Å²) in [5.41, 5.74) is 2.08. The maximum Gasteiger partial charge on any atom is 0.295 e. The minimum atomic E-state index is -2.79. The highest BCUT2D eigenvalue weighted by atomic mass is 35.5. The average molecular weight is 384 g/mol. The molecule has 0 saturated carbocycles. The van der Waals surface area contributed by atoms with Crippen molar-refractivity contribution in [2.75, 3.05) is 6.26 Å². The quantitative estimate of drug-likeness (QED) is 0.584. The number of fused-ring (bicyclic) bond motifs is 1. The highest BCUT2D eigenvalue weighted by Gasteiger charge is 2.19. The van der Waals surface area contributed by atoms with Crippen molar-refractivity contribution in [3.63, 3.8) is 0 Å². The molecule has 0 unspecified atom stereocenters. The molecule has 0 bridgehead atoms. The molecule has 0 spiro atoms. The first-order valence-corrected chi connectivity index (χ1v) is 10.8. The van der Waals surface area contributed by atoms with Gasteiger partial charge < -0.3 is 0 Å². The van der Waals surface area contributed by atoms with Crippen LogP contribution < -0.4 is 0 Å². The Morgan fingerprint density at radius 1 is 1.22 bits per heavy atom. The Labute approximate surface area is 148 Å². The third kappa shape index (κ3) is 3.08. The predicted molar refractivity (Wildman–Crippen MR) is 99.7 cm³/mol. The molecule has 0 saturated heterocycles. The van der Waals surface area contributed by atoms with E-state index in [2.05, 4.69) is 9.74 Å². The summed E-state index contributed by atoms with van der Waals surface area (Å²) in [6, 6.07) is 6.59. The van der Waals surface area contributed by atoms with Crippen molar-refractivity contribution in [2.24, 2.45) is 4.36 Å². The molecule has 1 aromatic carbocycles. The van der Waals surface area contributed by atoms with Gasteiger partial charge in [-0.2, -0.15) is 4.36 Å². The van der Waals surface area contributed by atoms with Crippen molar-refractivity contribution in [1.29, 1.82) is 0 Å². The maximum atomic E-state index is 12.8. The molecule has 0 N–H and O–H groups in total. The normalized spacial score (nSPS) is 13.9. The Balaban J connectivity index is 2.06. The van der Waals surface area contributed by atoms with Gasteiger partial charge in [-0.3, -0.25) is 4.79 Å². The fraction of sp³-hybridized carbons (Fsp3) is 0.188. The Kier molecular flexibility index (Phi) is 4.35. The smallest absolute Gasteiger partial charge is 0.265 e. The van der Waals surface area contributed by atoms with Crippen LogP contribution in [-0.4, -0.2) is 16.4 Å². The SMILES string of the molecule is Cc1csc2sc(C(=O)N=[S@@](C)(=O)c3ccc(Cl)cc3)c(C)c12. The molecule has 3 nitrogen and oxygen atoms in total. The van der Waals surface area contributed by atoms with E-state index in [-0.39, 0.29) is 0 Å². The number of benzene rings is 1. The zero-order valence-electron chi connectivity index (χ0n) is 12.8. The van der Waals surface area contributed by atoms with E-state index >= 15 is 0 Å². The van der Waals surface area contributed by atoms with Crippen LogP contribution in [0.15, 0.2) is 38.9 Å². The molecule has 0 aliphatic heterocycles. The molecule has 7 heteroatoms. The van der Waals surface area contributed by atoms with Gasteiger partial charge in [0.25, 0.3) is 5.91 Å². The lowest BCUT2D eigenvalue weighted by molar-refractivity contribution is 0.101. The number of aryl methyl sites for hydroxylation is 2. The summed E-state index contributed by atoms with van der Waals surface area (Å²) >= 11 is 8.88. The lowest BCUT2D eigenvalue weighted by Crippen LogP contribution is -2.03. The van der Waals surface area contributed by atoms with E-state index in [9.17, 15) is 9.00 Å². The van der Waals surface area contributed by atoms with Gasteiger partial charge in [0.05, 0.1) is 18.6 Å². The number of hydrogen-bond acceptors (Lipinski definition) is 4. The largest absolute Gasteiger partial charge is 0.295 e. The fourth-order valence-corrected chi connectivity index (χ4v) is 6.12. The number of amides is 1. The Morgan fingerprint density at radius 2 is 1.87 bits per heavy atom. The van der Waals surface area contributed by atoms with Crippen molar-refractivity contribution in [3.05, 3.63) is 50.7 Å².